The highest BCUT2D eigenvalue weighted by Gasteiger charge is 2.30. The molecule has 13 heavy (non-hydrogen) atoms. The average molecular weight is 217 g/mol. The van der Waals surface area contributed by atoms with Gasteiger partial charge in [0.15, 0.2) is 9.84 Å². The molecule has 78 valence electrons. The Morgan fingerprint density at radius 1 is 1.15 bits per heavy atom. The summed E-state index contributed by atoms with van der Waals surface area (Å²) in [6.45, 7) is 8.61. The summed E-state index contributed by atoms with van der Waals surface area (Å²) in [5.74, 6) is 0. The highest BCUT2D eigenvalue weighted by molar-refractivity contribution is 6.77. The van der Waals surface area contributed by atoms with Crippen molar-refractivity contribution >= 4 is 18.2 Å². The summed E-state index contributed by atoms with van der Waals surface area (Å²) < 4.78 is 7.14. The van der Waals surface area contributed by atoms with Gasteiger partial charge in [-0.15, -0.1) is 0 Å². The van der Waals surface area contributed by atoms with E-state index in [9.17, 15) is 0 Å². The summed E-state index contributed by atoms with van der Waals surface area (Å²) in [6, 6.07) is 0. The van der Waals surface area contributed by atoms with Crippen LogP contribution in [-0.2, 0) is 0 Å². The summed E-state index contributed by atoms with van der Waals surface area (Å²) in [7, 11) is 6.88. The molecule has 0 N–H and O–H groups in total. The van der Waals surface area contributed by atoms with E-state index in [0.29, 0.717) is 0 Å². The van der Waals surface area contributed by atoms with Crippen molar-refractivity contribution in [3.05, 3.63) is 12.8 Å². The van der Waals surface area contributed by atoms with Crippen molar-refractivity contribution in [2.24, 2.45) is 0 Å². The van der Waals surface area contributed by atoms with Crippen LogP contribution in [0, 0.1) is 0 Å². The number of hydrogen-bond donors (Lipinski definition) is 0. The lowest BCUT2D eigenvalue weighted by Crippen LogP contribution is -2.60. The number of nitrogens with zero attached hydrogens (tertiary/aromatic N) is 3. The highest BCUT2D eigenvalue weighted by atomic mass is 28.4. The molecule has 0 spiro atoms. The predicted octanol–water partition coefficient (Wildman–Crippen LogP) is 0.256. The molecule has 0 saturated heterocycles. The van der Waals surface area contributed by atoms with Crippen LogP contribution in [0.15, 0.2) is 12.8 Å². The average Bonchev–Trinajstić information content (AvgIpc) is 1.99. The maximum atomic E-state index is 3.90. The van der Waals surface area contributed by atoms with Crippen molar-refractivity contribution in [1.29, 1.82) is 0 Å². The minimum absolute atomic E-state index is 0.318. The molecule has 0 aliphatic heterocycles. The zero-order valence-electron chi connectivity index (χ0n) is 9.83. The van der Waals surface area contributed by atoms with Gasteiger partial charge in [-0.2, -0.15) is 0 Å². The van der Waals surface area contributed by atoms with E-state index >= 15 is 0 Å². The topological polar surface area (TPSA) is 9.72 Å². The molecule has 0 atom stereocenters. The molecule has 0 aliphatic carbocycles. The van der Waals surface area contributed by atoms with Crippen LogP contribution in [-0.4, -0.2) is 59.8 Å². The molecule has 0 fully saturated rings. The summed E-state index contributed by atoms with van der Waals surface area (Å²) >= 11 is 0. The van der Waals surface area contributed by atoms with E-state index in [-0.39, 0.29) is 9.84 Å². The Hall–Kier alpha value is -0.106. The second-order valence-electron chi connectivity index (χ2n) is 4.26. The van der Waals surface area contributed by atoms with Crippen LogP contribution in [0.3, 0.4) is 0 Å². The Balaban J connectivity index is 4.46. The fourth-order valence-electron chi connectivity index (χ4n) is 1.02. The van der Waals surface area contributed by atoms with Crippen LogP contribution < -0.4 is 0 Å². The van der Waals surface area contributed by atoms with Crippen LogP contribution in [0.4, 0.5) is 0 Å². The molecule has 5 heteroatoms. The molecule has 0 amide bonds. The van der Waals surface area contributed by atoms with Crippen molar-refractivity contribution in [3.8, 4) is 0 Å². The molecule has 0 rings (SSSR count). The van der Waals surface area contributed by atoms with E-state index in [2.05, 4.69) is 61.2 Å². The molecule has 0 aromatic carbocycles. The zero-order chi connectivity index (χ0) is 10.6. The molecule has 0 aromatic heterocycles. The van der Waals surface area contributed by atoms with E-state index in [4.69, 9.17) is 0 Å². The van der Waals surface area contributed by atoms with Crippen molar-refractivity contribution < 1.29 is 0 Å². The third kappa shape index (κ3) is 3.64. The Labute approximate surface area is 86.2 Å². The first-order valence-electron chi connectivity index (χ1n) is 4.53. The van der Waals surface area contributed by atoms with Gasteiger partial charge in [-0.3, -0.25) is 0 Å². The van der Waals surface area contributed by atoms with Crippen LogP contribution in [0.2, 0.25) is 13.1 Å². The smallest absolute Gasteiger partial charge is 0.220 e. The molecule has 0 heterocycles. The predicted molar refractivity (Wildman–Crippen MR) is 65.4 cm³/mol. The van der Waals surface area contributed by atoms with Crippen molar-refractivity contribution in [1.82, 2.24) is 13.4 Å². The molecular formula is C8H23N3Si2. The second kappa shape index (κ2) is 4.95. The summed E-state index contributed by atoms with van der Waals surface area (Å²) in [6.07, 6.45) is 2.01. The van der Waals surface area contributed by atoms with Gasteiger partial charge in [-0.25, -0.2) is 0 Å². The van der Waals surface area contributed by atoms with Gasteiger partial charge in [0.2, 0.25) is 8.40 Å². The van der Waals surface area contributed by atoms with Crippen molar-refractivity contribution in [3.63, 3.8) is 0 Å². The minimum atomic E-state index is -1.40. The maximum Gasteiger partial charge on any atom is 0.220 e. The van der Waals surface area contributed by atoms with E-state index < -0.39 is 8.40 Å². The van der Waals surface area contributed by atoms with Crippen molar-refractivity contribution in [2.45, 2.75) is 13.1 Å². The molecule has 0 aromatic rings. The van der Waals surface area contributed by atoms with Gasteiger partial charge in [0.05, 0.1) is 0 Å². The molecule has 0 unspecified atom stereocenters. The van der Waals surface area contributed by atoms with E-state index in [1.54, 1.807) is 0 Å². The first-order chi connectivity index (χ1) is 5.82. The Bertz CT molecular complexity index is 169. The summed E-state index contributed by atoms with van der Waals surface area (Å²) in [5, 5.41) is 0. The molecule has 0 bridgehead atoms. The number of hydrogen-bond acceptors (Lipinski definition) is 3. The van der Waals surface area contributed by atoms with Gasteiger partial charge in [0.25, 0.3) is 0 Å². The van der Waals surface area contributed by atoms with E-state index in [1.165, 1.54) is 0 Å². The standard InChI is InChI=1S/C8H23N3Si2/c1-8-11(12-9(2)3)13(6,7)10(4)5/h8H,1,12H2,2-7H3. The minimum Gasteiger partial charge on any atom is -0.412 e. The first-order valence-corrected chi connectivity index (χ1v) is 8.69. The quantitative estimate of drug-likeness (QED) is 0.612. The zero-order valence-corrected chi connectivity index (χ0v) is 12.2. The van der Waals surface area contributed by atoms with E-state index in [1.807, 2.05) is 6.20 Å². The molecule has 0 aliphatic rings. The van der Waals surface area contributed by atoms with E-state index in [0.717, 1.165) is 0 Å². The normalized spacial score (nSPS) is 13.2. The Kier molecular flexibility index (Phi) is 4.91. The second-order valence-corrected chi connectivity index (χ2v) is 11.6. The van der Waals surface area contributed by atoms with Crippen molar-refractivity contribution in [2.75, 3.05) is 28.2 Å². The molecule has 0 radical (unpaired) electrons. The third-order valence-electron chi connectivity index (χ3n) is 2.45. The molecule has 3 nitrogen and oxygen atoms in total. The fraction of sp³-hybridized carbons (Fsp3) is 0.750. The Morgan fingerprint density at radius 2 is 1.62 bits per heavy atom. The fourth-order valence-corrected chi connectivity index (χ4v) is 5.78. The van der Waals surface area contributed by atoms with Crippen LogP contribution in [0.5, 0.6) is 0 Å². The number of rotatable bonds is 5. The SMILES string of the molecule is C=CN([SiH2]N(C)C)[Si](C)(C)N(C)C. The van der Waals surface area contributed by atoms with Gasteiger partial charge in [-0.05, 0) is 47.5 Å². The van der Waals surface area contributed by atoms with Gasteiger partial charge in [0, 0.05) is 0 Å². The summed E-state index contributed by atoms with van der Waals surface area (Å²) in [5.41, 5.74) is 0. The molecule has 0 saturated carbocycles. The monoisotopic (exact) mass is 217 g/mol. The maximum absolute atomic E-state index is 3.90. The molecular weight excluding hydrogens is 194 g/mol. The largest absolute Gasteiger partial charge is 0.412 e. The Morgan fingerprint density at radius 3 is 1.85 bits per heavy atom. The van der Waals surface area contributed by atoms with Gasteiger partial charge in [-0.1, -0.05) is 6.58 Å². The lowest BCUT2D eigenvalue weighted by atomic mass is 11.1. The lowest BCUT2D eigenvalue weighted by molar-refractivity contribution is 0.541. The van der Waals surface area contributed by atoms with Gasteiger partial charge < -0.3 is 13.4 Å². The van der Waals surface area contributed by atoms with Crippen LogP contribution >= 0.6 is 0 Å². The van der Waals surface area contributed by atoms with Gasteiger partial charge in [0.1, 0.15) is 0 Å². The first kappa shape index (κ1) is 12.9. The van der Waals surface area contributed by atoms with Gasteiger partial charge >= 0.3 is 0 Å². The van der Waals surface area contributed by atoms with Crippen LogP contribution in [0.1, 0.15) is 0 Å². The third-order valence-corrected chi connectivity index (χ3v) is 10.1. The lowest BCUT2D eigenvalue weighted by Gasteiger charge is -2.41. The van der Waals surface area contributed by atoms with Crippen LogP contribution in [0.25, 0.3) is 0 Å². The summed E-state index contributed by atoms with van der Waals surface area (Å²) in [4.78, 5) is 0. The highest BCUT2D eigenvalue weighted by Crippen LogP contribution is 2.11.